The van der Waals surface area contributed by atoms with Crippen molar-refractivity contribution in [1.82, 2.24) is 4.98 Å². The highest BCUT2D eigenvalue weighted by Crippen LogP contribution is 2.31. The average Bonchev–Trinajstić information content (AvgIpc) is 3.12. The standard InChI is InChI=1S/C21H21NO7S/c1-13-17(12-30(24,25)16-9-10-18(26-2)19(11-16)27-3)22-20(29-13)14-5-7-15(8-6-14)21(23)28-4/h5-11H,12H2,1-4H3. The number of carbonyl (C=O) groups excluding carboxylic acids is 1. The van der Waals surface area contributed by atoms with Gasteiger partial charge in [0.15, 0.2) is 21.3 Å². The molecule has 0 saturated carbocycles. The van der Waals surface area contributed by atoms with E-state index in [2.05, 4.69) is 9.72 Å². The molecule has 0 N–H and O–H groups in total. The highest BCUT2D eigenvalue weighted by Gasteiger charge is 2.22. The maximum Gasteiger partial charge on any atom is 0.337 e. The molecule has 8 nitrogen and oxygen atoms in total. The lowest BCUT2D eigenvalue weighted by Crippen LogP contribution is -2.07. The summed E-state index contributed by atoms with van der Waals surface area (Å²) in [5.74, 6) is 0.630. The predicted octanol–water partition coefficient (Wildman–Crippen LogP) is 3.43. The number of hydrogen-bond donors (Lipinski definition) is 0. The minimum Gasteiger partial charge on any atom is -0.493 e. The number of sulfone groups is 1. The normalized spacial score (nSPS) is 11.2. The first-order chi connectivity index (χ1) is 14.3. The molecule has 30 heavy (non-hydrogen) atoms. The number of carbonyl (C=O) groups is 1. The molecule has 1 aromatic heterocycles. The van der Waals surface area contributed by atoms with E-state index in [-0.39, 0.29) is 16.5 Å². The number of esters is 1. The molecule has 0 spiro atoms. The number of hydrogen-bond acceptors (Lipinski definition) is 8. The summed E-state index contributed by atoms with van der Waals surface area (Å²) in [6, 6.07) is 10.9. The summed E-state index contributed by atoms with van der Waals surface area (Å²) in [7, 11) is 0.516. The van der Waals surface area contributed by atoms with Crippen molar-refractivity contribution < 1.29 is 31.8 Å². The second-order valence-corrected chi connectivity index (χ2v) is 8.36. The van der Waals surface area contributed by atoms with E-state index in [0.29, 0.717) is 34.1 Å². The van der Waals surface area contributed by atoms with E-state index in [9.17, 15) is 13.2 Å². The van der Waals surface area contributed by atoms with Gasteiger partial charge in [-0.2, -0.15) is 0 Å². The largest absolute Gasteiger partial charge is 0.493 e. The van der Waals surface area contributed by atoms with Gasteiger partial charge in [0.05, 0.1) is 37.5 Å². The molecule has 2 aromatic carbocycles. The Morgan fingerprint density at radius 2 is 1.67 bits per heavy atom. The summed E-state index contributed by atoms with van der Waals surface area (Å²) in [6.45, 7) is 1.65. The molecule has 0 unspecified atom stereocenters. The van der Waals surface area contributed by atoms with Crippen LogP contribution in [0, 0.1) is 6.92 Å². The first-order valence-corrected chi connectivity index (χ1v) is 10.5. The van der Waals surface area contributed by atoms with Crippen LogP contribution in [0.3, 0.4) is 0 Å². The summed E-state index contributed by atoms with van der Waals surface area (Å²) in [5, 5.41) is 0. The third-order valence-electron chi connectivity index (χ3n) is 4.49. The topological polar surface area (TPSA) is 105 Å². The highest BCUT2D eigenvalue weighted by atomic mass is 32.2. The zero-order valence-corrected chi connectivity index (χ0v) is 17.8. The number of benzene rings is 2. The number of methoxy groups -OCH3 is 3. The van der Waals surface area contributed by atoms with Gasteiger partial charge in [0, 0.05) is 11.6 Å². The van der Waals surface area contributed by atoms with Gasteiger partial charge < -0.3 is 18.6 Å². The first-order valence-electron chi connectivity index (χ1n) is 8.89. The van der Waals surface area contributed by atoms with Gasteiger partial charge in [0.2, 0.25) is 5.89 Å². The fourth-order valence-corrected chi connectivity index (χ4v) is 4.18. The van der Waals surface area contributed by atoms with Crippen LogP contribution in [0.15, 0.2) is 51.8 Å². The minimum absolute atomic E-state index is 0.0894. The molecule has 0 atom stereocenters. The first kappa shape index (κ1) is 21.4. The van der Waals surface area contributed by atoms with Crippen LogP contribution < -0.4 is 9.47 Å². The summed E-state index contributed by atoms with van der Waals surface area (Å²) in [6.07, 6.45) is 0. The monoisotopic (exact) mass is 431 g/mol. The lowest BCUT2D eigenvalue weighted by atomic mass is 10.1. The van der Waals surface area contributed by atoms with Crippen molar-refractivity contribution in [3.05, 3.63) is 59.5 Å². The van der Waals surface area contributed by atoms with Gasteiger partial charge in [-0.15, -0.1) is 0 Å². The molecule has 0 fully saturated rings. The van der Waals surface area contributed by atoms with Crippen molar-refractivity contribution in [2.45, 2.75) is 17.6 Å². The second-order valence-electron chi connectivity index (χ2n) is 6.37. The molecule has 3 rings (SSSR count). The van der Waals surface area contributed by atoms with Gasteiger partial charge in [-0.1, -0.05) is 0 Å². The van der Waals surface area contributed by atoms with Crippen molar-refractivity contribution in [2.75, 3.05) is 21.3 Å². The Morgan fingerprint density at radius 3 is 2.27 bits per heavy atom. The Bertz CT molecular complexity index is 1160. The zero-order valence-electron chi connectivity index (χ0n) is 17.0. The summed E-state index contributed by atoms with van der Waals surface area (Å²) in [4.78, 5) is 16.0. The Balaban J connectivity index is 1.87. The van der Waals surface area contributed by atoms with E-state index in [4.69, 9.17) is 13.9 Å². The van der Waals surface area contributed by atoms with Crippen LogP contribution in [0.4, 0.5) is 0 Å². The maximum atomic E-state index is 12.9. The van der Waals surface area contributed by atoms with E-state index in [1.54, 1.807) is 31.2 Å². The van der Waals surface area contributed by atoms with Crippen LogP contribution in [0.1, 0.15) is 21.8 Å². The molecule has 0 aliphatic rings. The van der Waals surface area contributed by atoms with E-state index >= 15 is 0 Å². The SMILES string of the molecule is COC(=O)c1ccc(-c2nc(CS(=O)(=O)c3ccc(OC)c(OC)c3)c(C)o2)cc1. The van der Waals surface area contributed by atoms with Crippen LogP contribution in [0.25, 0.3) is 11.5 Å². The number of ether oxygens (including phenoxy) is 3. The molecule has 0 radical (unpaired) electrons. The summed E-state index contributed by atoms with van der Waals surface area (Å²) < 4.78 is 46.4. The van der Waals surface area contributed by atoms with Gasteiger partial charge in [0.25, 0.3) is 0 Å². The average molecular weight is 431 g/mol. The number of aryl methyl sites for hydroxylation is 1. The third kappa shape index (κ3) is 4.30. The molecule has 0 amide bonds. The lowest BCUT2D eigenvalue weighted by molar-refractivity contribution is 0.0600. The smallest absolute Gasteiger partial charge is 0.337 e. The fraction of sp³-hybridized carbons (Fsp3) is 0.238. The summed E-state index contributed by atoms with van der Waals surface area (Å²) in [5.41, 5.74) is 1.30. The van der Waals surface area contributed by atoms with Crippen molar-refractivity contribution in [3.63, 3.8) is 0 Å². The van der Waals surface area contributed by atoms with Crippen LogP contribution in [0.2, 0.25) is 0 Å². The van der Waals surface area contributed by atoms with Crippen molar-refractivity contribution >= 4 is 15.8 Å². The van der Waals surface area contributed by atoms with Gasteiger partial charge in [-0.05, 0) is 43.3 Å². The van der Waals surface area contributed by atoms with Gasteiger partial charge >= 0.3 is 5.97 Å². The number of nitrogens with zero attached hydrogens (tertiary/aromatic N) is 1. The molecule has 0 aliphatic carbocycles. The molecule has 0 bridgehead atoms. The van der Waals surface area contributed by atoms with Gasteiger partial charge in [-0.3, -0.25) is 0 Å². The maximum absolute atomic E-state index is 12.9. The van der Waals surface area contributed by atoms with Crippen molar-refractivity contribution in [2.24, 2.45) is 0 Å². The van der Waals surface area contributed by atoms with Crippen molar-refractivity contribution in [1.29, 1.82) is 0 Å². The van der Waals surface area contributed by atoms with E-state index in [0.717, 1.165) is 0 Å². The molecule has 9 heteroatoms. The van der Waals surface area contributed by atoms with E-state index in [1.165, 1.54) is 39.5 Å². The lowest BCUT2D eigenvalue weighted by Gasteiger charge is -2.09. The number of oxazole rings is 1. The zero-order chi connectivity index (χ0) is 21.9. The predicted molar refractivity (Wildman–Crippen MR) is 108 cm³/mol. The van der Waals surface area contributed by atoms with Crippen LogP contribution in [0.5, 0.6) is 11.5 Å². The third-order valence-corrected chi connectivity index (χ3v) is 6.11. The minimum atomic E-state index is -3.70. The molecule has 0 aliphatic heterocycles. The fourth-order valence-electron chi connectivity index (χ4n) is 2.83. The van der Waals surface area contributed by atoms with Gasteiger partial charge in [0.1, 0.15) is 11.5 Å². The van der Waals surface area contributed by atoms with Crippen LogP contribution in [-0.2, 0) is 20.3 Å². The summed E-state index contributed by atoms with van der Waals surface area (Å²) >= 11 is 0. The Hall–Kier alpha value is -3.33. The van der Waals surface area contributed by atoms with Crippen LogP contribution in [-0.4, -0.2) is 40.7 Å². The van der Waals surface area contributed by atoms with Gasteiger partial charge in [-0.25, -0.2) is 18.2 Å². The van der Waals surface area contributed by atoms with E-state index < -0.39 is 15.8 Å². The molecule has 0 saturated heterocycles. The number of aromatic nitrogens is 1. The molecule has 158 valence electrons. The quantitative estimate of drug-likeness (QED) is 0.524. The highest BCUT2D eigenvalue weighted by molar-refractivity contribution is 7.90. The molecule has 3 aromatic rings. The molecule has 1 heterocycles. The van der Waals surface area contributed by atoms with E-state index in [1.807, 2.05) is 0 Å². The molecular weight excluding hydrogens is 410 g/mol. The Kier molecular flexibility index (Phi) is 6.12. The van der Waals surface area contributed by atoms with Crippen LogP contribution >= 0.6 is 0 Å². The Labute approximate surface area is 174 Å². The van der Waals surface area contributed by atoms with Crippen molar-refractivity contribution in [3.8, 4) is 23.0 Å². The number of rotatable bonds is 7. The molecular formula is C21H21NO7S. The Morgan fingerprint density at radius 1 is 1.00 bits per heavy atom. The second kappa shape index (κ2) is 8.58.